The van der Waals surface area contributed by atoms with Gasteiger partial charge in [-0.25, -0.2) is 9.37 Å². The Morgan fingerprint density at radius 2 is 1.73 bits per heavy atom. The number of nitrogens with one attached hydrogen (secondary N) is 2. The van der Waals surface area contributed by atoms with Gasteiger partial charge in [-0.2, -0.15) is 5.10 Å². The predicted molar refractivity (Wildman–Crippen MR) is 218 cm³/mol. The summed E-state index contributed by atoms with van der Waals surface area (Å²) >= 11 is 12.3. The molecule has 1 atom stereocenters. The molecule has 4 aromatic rings. The minimum atomic E-state index is -1.04. The fourth-order valence-corrected chi connectivity index (χ4v) is 7.98. The second-order valence-electron chi connectivity index (χ2n) is 14.4. The standard InChI is InChI=1S/C41H43Cl2FN8O8/c42-29-4-5-30(44)37(43)27(29)10-16-60-33-20-24(21-47-38(33)45)25-22-48-51(23-25)26-8-13-50(14-9-26)35(54)11-15-58-18-19-59-17-12-46-31-3-1-2-28-36(31)41(57)52(40(28)56)32-6-7-34(53)49-39(32)55/h1-5,20-23,26,32,46H,6-19H2,(H2,45,47)(H,49,53,55)/t32-/m1/s1. The van der Waals surface area contributed by atoms with E-state index in [-0.39, 0.29) is 79.4 Å². The van der Waals surface area contributed by atoms with E-state index in [0.717, 1.165) is 28.9 Å². The number of amides is 5. The number of carbonyl (C=O) groups excluding carboxylic acids is 5. The number of fused-ring (bicyclic) bond motifs is 1. The first-order chi connectivity index (χ1) is 29.0. The van der Waals surface area contributed by atoms with Crippen molar-refractivity contribution in [3.8, 4) is 16.9 Å². The van der Waals surface area contributed by atoms with Crippen molar-refractivity contribution in [1.82, 2.24) is 29.9 Å². The van der Waals surface area contributed by atoms with Crippen molar-refractivity contribution in [2.45, 2.75) is 50.6 Å². The maximum atomic E-state index is 13.9. The number of aromatic nitrogens is 3. The summed E-state index contributed by atoms with van der Waals surface area (Å²) in [7, 11) is 0. The Morgan fingerprint density at radius 3 is 2.52 bits per heavy atom. The molecule has 5 amide bonds. The molecule has 60 heavy (non-hydrogen) atoms. The Hall–Kier alpha value is -5.62. The van der Waals surface area contributed by atoms with Gasteiger partial charge in [0.15, 0.2) is 11.6 Å². The van der Waals surface area contributed by atoms with Gasteiger partial charge in [-0.05, 0) is 55.2 Å². The average Bonchev–Trinajstić information content (AvgIpc) is 3.83. The number of imide groups is 2. The van der Waals surface area contributed by atoms with E-state index in [1.54, 1.807) is 30.6 Å². The van der Waals surface area contributed by atoms with Crippen LogP contribution < -0.4 is 21.1 Å². The van der Waals surface area contributed by atoms with Crippen LogP contribution in [0, 0.1) is 5.82 Å². The fourth-order valence-electron chi connectivity index (χ4n) is 7.42. The van der Waals surface area contributed by atoms with Gasteiger partial charge in [-0.15, -0.1) is 0 Å². The highest BCUT2D eigenvalue weighted by atomic mass is 35.5. The number of nitrogens with zero attached hydrogens (tertiary/aromatic N) is 5. The molecule has 2 saturated heterocycles. The number of ether oxygens (including phenoxy) is 3. The molecule has 2 aromatic heterocycles. The smallest absolute Gasteiger partial charge is 0.264 e. The zero-order valence-corrected chi connectivity index (χ0v) is 34.0. The second-order valence-corrected chi connectivity index (χ2v) is 15.2. The molecule has 5 heterocycles. The summed E-state index contributed by atoms with van der Waals surface area (Å²) in [5.41, 5.74) is 8.94. The van der Waals surface area contributed by atoms with Crippen LogP contribution in [-0.2, 0) is 30.3 Å². The molecule has 0 unspecified atom stereocenters. The number of benzene rings is 2. The van der Waals surface area contributed by atoms with Crippen LogP contribution in [0.15, 0.2) is 55.0 Å². The number of carbonyl (C=O) groups is 5. The molecule has 3 aliphatic rings. The minimum absolute atomic E-state index is 0.0155. The van der Waals surface area contributed by atoms with Gasteiger partial charge in [0.1, 0.15) is 11.9 Å². The van der Waals surface area contributed by atoms with Crippen molar-refractivity contribution < 1.29 is 42.6 Å². The lowest BCUT2D eigenvalue weighted by molar-refractivity contribution is -0.136. The number of likely N-dealkylation sites (tertiary alicyclic amines) is 1. The molecule has 2 fully saturated rings. The molecular weight excluding hydrogens is 822 g/mol. The third-order valence-corrected chi connectivity index (χ3v) is 11.4. The quantitative estimate of drug-likeness (QED) is 0.0753. The van der Waals surface area contributed by atoms with Crippen molar-refractivity contribution in [3.63, 3.8) is 0 Å². The third-order valence-electron chi connectivity index (χ3n) is 10.6. The highest BCUT2D eigenvalue weighted by molar-refractivity contribution is 6.36. The normalized spacial score (nSPS) is 16.9. The van der Waals surface area contributed by atoms with E-state index in [1.807, 2.05) is 15.8 Å². The summed E-state index contributed by atoms with van der Waals surface area (Å²) in [6.45, 7) is 2.81. The average molecular weight is 866 g/mol. The van der Waals surface area contributed by atoms with Gasteiger partial charge < -0.3 is 30.2 Å². The van der Waals surface area contributed by atoms with Crippen LogP contribution in [-0.4, -0.2) is 113 Å². The summed E-state index contributed by atoms with van der Waals surface area (Å²) in [6, 6.07) is 8.39. The van der Waals surface area contributed by atoms with Crippen LogP contribution in [0.4, 0.5) is 15.9 Å². The summed E-state index contributed by atoms with van der Waals surface area (Å²) in [5, 5.41) is 10.2. The molecule has 7 rings (SSSR count). The zero-order chi connectivity index (χ0) is 42.3. The first-order valence-electron chi connectivity index (χ1n) is 19.6. The summed E-state index contributed by atoms with van der Waals surface area (Å²) in [5.74, 6) is -2.21. The number of rotatable bonds is 17. The lowest BCUT2D eigenvalue weighted by atomic mass is 10.0. The van der Waals surface area contributed by atoms with E-state index in [2.05, 4.69) is 20.7 Å². The van der Waals surface area contributed by atoms with Gasteiger partial charge in [0, 0.05) is 66.7 Å². The molecule has 0 saturated carbocycles. The molecule has 4 N–H and O–H groups in total. The number of pyridine rings is 1. The van der Waals surface area contributed by atoms with Crippen molar-refractivity contribution in [2.75, 3.05) is 63.7 Å². The largest absolute Gasteiger partial charge is 0.489 e. The number of nitrogen functional groups attached to an aromatic ring is 1. The van der Waals surface area contributed by atoms with Crippen molar-refractivity contribution in [1.29, 1.82) is 0 Å². The van der Waals surface area contributed by atoms with Gasteiger partial charge >= 0.3 is 0 Å². The Morgan fingerprint density at radius 1 is 0.950 bits per heavy atom. The van der Waals surface area contributed by atoms with Crippen LogP contribution in [0.3, 0.4) is 0 Å². The Bertz CT molecular complexity index is 2280. The van der Waals surface area contributed by atoms with Gasteiger partial charge in [0.25, 0.3) is 11.8 Å². The van der Waals surface area contributed by atoms with Crippen molar-refractivity contribution in [3.05, 3.63) is 87.5 Å². The number of halogens is 3. The van der Waals surface area contributed by atoms with Gasteiger partial charge in [-0.1, -0.05) is 29.3 Å². The summed E-state index contributed by atoms with van der Waals surface area (Å²) in [4.78, 5) is 70.2. The van der Waals surface area contributed by atoms with Gasteiger partial charge in [-0.3, -0.25) is 38.9 Å². The number of hydrogen-bond donors (Lipinski definition) is 3. The summed E-state index contributed by atoms with van der Waals surface area (Å²) in [6.07, 6.45) is 7.46. The highest BCUT2D eigenvalue weighted by Gasteiger charge is 2.45. The predicted octanol–water partition coefficient (Wildman–Crippen LogP) is 4.69. The number of nitrogens with two attached hydrogens (primary N) is 1. The number of anilines is 2. The Labute approximate surface area is 354 Å². The van der Waals surface area contributed by atoms with Gasteiger partial charge in [0.05, 0.1) is 67.8 Å². The molecule has 2 aromatic carbocycles. The summed E-state index contributed by atoms with van der Waals surface area (Å²) < 4.78 is 33.0. The second kappa shape index (κ2) is 19.2. The maximum absolute atomic E-state index is 13.9. The van der Waals surface area contributed by atoms with Crippen LogP contribution in [0.2, 0.25) is 10.0 Å². The molecule has 0 radical (unpaired) electrons. The van der Waals surface area contributed by atoms with E-state index in [4.69, 9.17) is 43.1 Å². The molecule has 316 valence electrons. The zero-order valence-electron chi connectivity index (χ0n) is 32.5. The van der Waals surface area contributed by atoms with E-state index in [9.17, 15) is 28.4 Å². The van der Waals surface area contributed by atoms with Crippen molar-refractivity contribution in [2.24, 2.45) is 0 Å². The van der Waals surface area contributed by atoms with Crippen LogP contribution in [0.25, 0.3) is 11.1 Å². The fraction of sp³-hybridized carbons (Fsp3) is 0.390. The lowest BCUT2D eigenvalue weighted by Gasteiger charge is -2.32. The highest BCUT2D eigenvalue weighted by Crippen LogP contribution is 2.33. The molecular formula is C41H43Cl2FN8O8. The lowest BCUT2D eigenvalue weighted by Crippen LogP contribution is -2.54. The minimum Gasteiger partial charge on any atom is -0.489 e. The third kappa shape index (κ3) is 9.54. The van der Waals surface area contributed by atoms with E-state index in [0.29, 0.717) is 54.9 Å². The van der Waals surface area contributed by atoms with Crippen LogP contribution in [0.1, 0.15) is 64.4 Å². The number of piperidine rings is 2. The monoisotopic (exact) mass is 864 g/mol. The SMILES string of the molecule is Nc1ncc(-c2cnn(C3CCN(C(=O)CCOCCOCCNc4cccc5c4C(=O)N([C@@H]4CCC(=O)NC4=O)C5=O)CC3)c2)cc1OCCc1c(Cl)ccc(F)c1Cl. The van der Waals surface area contributed by atoms with Crippen LogP contribution >= 0.6 is 23.2 Å². The maximum Gasteiger partial charge on any atom is 0.264 e. The van der Waals surface area contributed by atoms with E-state index < -0.39 is 35.5 Å². The molecule has 0 spiro atoms. The molecule has 0 aliphatic carbocycles. The molecule has 0 bridgehead atoms. The molecule has 3 aliphatic heterocycles. The van der Waals surface area contributed by atoms with Crippen molar-refractivity contribution >= 4 is 64.2 Å². The van der Waals surface area contributed by atoms with Crippen LogP contribution in [0.5, 0.6) is 5.75 Å². The first kappa shape index (κ1) is 42.5. The Balaban J connectivity index is 0.778. The molecule has 19 heteroatoms. The topological polar surface area (TPSA) is 200 Å². The molecule has 16 nitrogen and oxygen atoms in total. The first-order valence-corrected chi connectivity index (χ1v) is 20.3. The van der Waals surface area contributed by atoms with Gasteiger partial charge in [0.2, 0.25) is 17.7 Å². The number of hydrogen-bond acceptors (Lipinski definition) is 12. The van der Waals surface area contributed by atoms with E-state index >= 15 is 0 Å². The Kier molecular flexibility index (Phi) is 13.6. The van der Waals surface area contributed by atoms with E-state index in [1.165, 1.54) is 18.2 Å².